The third kappa shape index (κ3) is 3.20. The minimum atomic E-state index is -0.441. The number of carbonyl (C=O) groups is 1. The minimum absolute atomic E-state index is 0.441. The van der Waals surface area contributed by atoms with Crippen LogP contribution >= 0.6 is 0 Å². The van der Waals surface area contributed by atoms with Crippen molar-refractivity contribution in [3.05, 3.63) is 23.9 Å². The third-order valence-electron chi connectivity index (χ3n) is 2.33. The number of nitrogens with two attached hydrogens (primary N) is 1. The maximum Gasteiger partial charge on any atom is 0.252 e. The molecule has 0 fully saturated rings. The van der Waals surface area contributed by atoms with Crippen molar-refractivity contribution in [2.75, 3.05) is 32.1 Å². The number of rotatable bonds is 6. The van der Waals surface area contributed by atoms with Crippen LogP contribution in [0.15, 0.2) is 18.3 Å². The number of aromatic nitrogens is 1. The molecule has 1 aromatic rings. The van der Waals surface area contributed by atoms with Crippen molar-refractivity contribution in [1.82, 2.24) is 10.3 Å². The van der Waals surface area contributed by atoms with E-state index in [9.17, 15) is 4.79 Å². The Morgan fingerprint density at radius 3 is 3.00 bits per heavy atom. The van der Waals surface area contributed by atoms with Crippen molar-refractivity contribution in [2.24, 2.45) is 5.73 Å². The summed E-state index contributed by atoms with van der Waals surface area (Å²) in [4.78, 5) is 17.3. The summed E-state index contributed by atoms with van der Waals surface area (Å²) in [6.07, 6.45) is 2.65. The molecule has 0 aliphatic heterocycles. The van der Waals surface area contributed by atoms with E-state index in [0.29, 0.717) is 11.4 Å². The molecule has 0 saturated carbocycles. The summed E-state index contributed by atoms with van der Waals surface area (Å²) in [5.41, 5.74) is 5.76. The average molecular weight is 222 g/mol. The van der Waals surface area contributed by atoms with Crippen LogP contribution in [0.2, 0.25) is 0 Å². The number of anilines is 1. The lowest BCUT2D eigenvalue weighted by atomic mass is 10.2. The van der Waals surface area contributed by atoms with Gasteiger partial charge >= 0.3 is 0 Å². The molecule has 1 amide bonds. The van der Waals surface area contributed by atoms with Crippen LogP contribution in [-0.4, -0.2) is 38.1 Å². The van der Waals surface area contributed by atoms with Gasteiger partial charge in [-0.2, -0.15) is 0 Å². The van der Waals surface area contributed by atoms with Crippen molar-refractivity contribution in [1.29, 1.82) is 0 Å². The largest absolute Gasteiger partial charge is 0.365 e. The number of nitrogens with one attached hydrogen (secondary N) is 1. The van der Waals surface area contributed by atoms with Crippen molar-refractivity contribution in [3.63, 3.8) is 0 Å². The second kappa shape index (κ2) is 6.07. The summed E-state index contributed by atoms with van der Waals surface area (Å²) in [5.74, 6) is 0.203. The van der Waals surface area contributed by atoms with Crippen LogP contribution in [-0.2, 0) is 0 Å². The first-order valence-electron chi connectivity index (χ1n) is 5.27. The van der Waals surface area contributed by atoms with Gasteiger partial charge in [-0.3, -0.25) is 4.79 Å². The SMILES string of the molecule is CNCCCN(C)c1ncccc1C(N)=O. The van der Waals surface area contributed by atoms with E-state index in [2.05, 4.69) is 10.3 Å². The van der Waals surface area contributed by atoms with Gasteiger partial charge in [0, 0.05) is 19.8 Å². The van der Waals surface area contributed by atoms with Crippen LogP contribution in [0.5, 0.6) is 0 Å². The van der Waals surface area contributed by atoms with E-state index in [1.807, 2.05) is 19.0 Å². The highest BCUT2D eigenvalue weighted by Gasteiger charge is 2.11. The van der Waals surface area contributed by atoms with Gasteiger partial charge < -0.3 is 16.0 Å². The van der Waals surface area contributed by atoms with Gasteiger partial charge in [0.25, 0.3) is 5.91 Å². The molecule has 0 aliphatic rings. The minimum Gasteiger partial charge on any atom is -0.365 e. The first kappa shape index (κ1) is 12.4. The molecule has 3 N–H and O–H groups in total. The van der Waals surface area contributed by atoms with Gasteiger partial charge in [0.2, 0.25) is 0 Å². The van der Waals surface area contributed by atoms with Gasteiger partial charge in [-0.05, 0) is 32.1 Å². The molecule has 0 spiro atoms. The molecule has 0 saturated heterocycles. The van der Waals surface area contributed by atoms with Crippen LogP contribution in [0.4, 0.5) is 5.82 Å². The zero-order valence-electron chi connectivity index (χ0n) is 9.73. The molecule has 1 heterocycles. The summed E-state index contributed by atoms with van der Waals surface area (Å²) < 4.78 is 0. The summed E-state index contributed by atoms with van der Waals surface area (Å²) >= 11 is 0. The molecule has 5 nitrogen and oxygen atoms in total. The van der Waals surface area contributed by atoms with Crippen molar-refractivity contribution in [3.8, 4) is 0 Å². The van der Waals surface area contributed by atoms with Gasteiger partial charge in [0.1, 0.15) is 5.82 Å². The third-order valence-corrected chi connectivity index (χ3v) is 2.33. The van der Waals surface area contributed by atoms with E-state index in [0.717, 1.165) is 19.5 Å². The first-order chi connectivity index (χ1) is 7.66. The van der Waals surface area contributed by atoms with Gasteiger partial charge in [0.05, 0.1) is 5.56 Å². The fourth-order valence-electron chi connectivity index (χ4n) is 1.49. The molecule has 0 bridgehead atoms. The molecule has 0 aliphatic carbocycles. The topological polar surface area (TPSA) is 71.2 Å². The Balaban J connectivity index is 2.74. The summed E-state index contributed by atoms with van der Waals surface area (Å²) in [7, 11) is 3.82. The van der Waals surface area contributed by atoms with Crippen LogP contribution in [0.25, 0.3) is 0 Å². The van der Waals surface area contributed by atoms with Crippen LogP contribution < -0.4 is 16.0 Å². The molecule has 0 radical (unpaired) electrons. The van der Waals surface area contributed by atoms with Gasteiger partial charge in [0.15, 0.2) is 0 Å². The lowest BCUT2D eigenvalue weighted by Gasteiger charge is -2.19. The van der Waals surface area contributed by atoms with Crippen LogP contribution in [0, 0.1) is 0 Å². The highest BCUT2D eigenvalue weighted by atomic mass is 16.1. The number of primary amides is 1. The molecule has 1 aromatic heterocycles. The zero-order valence-corrected chi connectivity index (χ0v) is 9.73. The second-order valence-electron chi connectivity index (χ2n) is 3.62. The summed E-state index contributed by atoms with van der Waals surface area (Å²) in [6, 6.07) is 3.41. The molecule has 0 unspecified atom stereocenters. The molecule has 5 heteroatoms. The van der Waals surface area contributed by atoms with Crippen molar-refractivity contribution >= 4 is 11.7 Å². The van der Waals surface area contributed by atoms with Crippen molar-refractivity contribution < 1.29 is 4.79 Å². The maximum atomic E-state index is 11.2. The Morgan fingerprint density at radius 2 is 2.38 bits per heavy atom. The Labute approximate surface area is 95.7 Å². The fraction of sp³-hybridized carbons (Fsp3) is 0.455. The summed E-state index contributed by atoms with van der Waals surface area (Å²) in [6.45, 7) is 1.77. The van der Waals surface area contributed by atoms with E-state index in [1.165, 1.54) is 0 Å². The normalized spacial score (nSPS) is 10.1. The van der Waals surface area contributed by atoms with Crippen LogP contribution in [0.3, 0.4) is 0 Å². The quantitative estimate of drug-likeness (QED) is 0.676. The van der Waals surface area contributed by atoms with Gasteiger partial charge in [-0.15, -0.1) is 0 Å². The van der Waals surface area contributed by atoms with E-state index in [4.69, 9.17) is 5.73 Å². The standard InChI is InChI=1S/C11H18N4O/c1-13-6-4-8-15(2)11-9(10(12)16)5-3-7-14-11/h3,5,7,13H,4,6,8H2,1-2H3,(H2,12,16). The number of nitrogens with zero attached hydrogens (tertiary/aromatic N) is 2. The monoisotopic (exact) mass is 222 g/mol. The predicted molar refractivity (Wildman–Crippen MR) is 64.6 cm³/mol. The maximum absolute atomic E-state index is 11.2. The van der Waals surface area contributed by atoms with E-state index >= 15 is 0 Å². The number of hydrogen-bond donors (Lipinski definition) is 2. The summed E-state index contributed by atoms with van der Waals surface area (Å²) in [5, 5.41) is 3.07. The fourth-order valence-corrected chi connectivity index (χ4v) is 1.49. The lowest BCUT2D eigenvalue weighted by Crippen LogP contribution is -2.26. The molecular weight excluding hydrogens is 204 g/mol. The highest BCUT2D eigenvalue weighted by Crippen LogP contribution is 2.14. The molecule has 88 valence electrons. The molecular formula is C11H18N4O. The smallest absolute Gasteiger partial charge is 0.252 e. The average Bonchev–Trinajstić information content (AvgIpc) is 2.29. The molecule has 1 rings (SSSR count). The first-order valence-corrected chi connectivity index (χ1v) is 5.27. The Kier molecular flexibility index (Phi) is 4.72. The molecule has 16 heavy (non-hydrogen) atoms. The number of hydrogen-bond acceptors (Lipinski definition) is 4. The van der Waals surface area contributed by atoms with E-state index < -0.39 is 5.91 Å². The highest BCUT2D eigenvalue weighted by molar-refractivity contribution is 5.97. The Bertz CT molecular complexity index is 354. The van der Waals surface area contributed by atoms with Gasteiger partial charge in [-0.25, -0.2) is 4.98 Å². The number of amides is 1. The predicted octanol–water partition coefficient (Wildman–Crippen LogP) is 0.226. The van der Waals surface area contributed by atoms with Crippen molar-refractivity contribution in [2.45, 2.75) is 6.42 Å². The van der Waals surface area contributed by atoms with Gasteiger partial charge in [-0.1, -0.05) is 0 Å². The second-order valence-corrected chi connectivity index (χ2v) is 3.62. The number of pyridine rings is 1. The Morgan fingerprint density at radius 1 is 1.62 bits per heavy atom. The Hall–Kier alpha value is -1.62. The lowest BCUT2D eigenvalue weighted by molar-refractivity contribution is 0.100. The van der Waals surface area contributed by atoms with E-state index in [-0.39, 0.29) is 0 Å². The zero-order chi connectivity index (χ0) is 12.0. The number of carbonyl (C=O) groups excluding carboxylic acids is 1. The van der Waals surface area contributed by atoms with Crippen LogP contribution in [0.1, 0.15) is 16.8 Å². The molecule has 0 aromatic carbocycles. The van der Waals surface area contributed by atoms with E-state index in [1.54, 1.807) is 18.3 Å². The molecule has 0 atom stereocenters.